The lowest BCUT2D eigenvalue weighted by Crippen LogP contribution is -2.31. The number of carbonyl (C=O) groups excluding carboxylic acids is 1. The summed E-state index contributed by atoms with van der Waals surface area (Å²) in [5, 5.41) is 2.81. The largest absolute Gasteiger partial charge is 0.497 e. The maximum absolute atomic E-state index is 14.2. The number of H-pyrrole nitrogens is 1. The van der Waals surface area contributed by atoms with E-state index in [1.54, 1.807) is 30.5 Å². The number of methoxy groups -OCH3 is 1. The highest BCUT2D eigenvalue weighted by molar-refractivity contribution is 5.97. The number of hydrogen-bond acceptors (Lipinski definition) is 4. The van der Waals surface area contributed by atoms with Crippen molar-refractivity contribution >= 4 is 5.91 Å². The van der Waals surface area contributed by atoms with E-state index in [-0.39, 0.29) is 17.3 Å². The first-order chi connectivity index (χ1) is 12.2. The number of rotatable bonds is 3. The van der Waals surface area contributed by atoms with E-state index in [0.29, 0.717) is 29.2 Å². The van der Waals surface area contributed by atoms with E-state index in [9.17, 15) is 9.18 Å². The minimum atomic E-state index is -0.428. The molecule has 3 aromatic rings. The van der Waals surface area contributed by atoms with E-state index in [1.807, 2.05) is 0 Å². The molecule has 25 heavy (non-hydrogen) atoms. The van der Waals surface area contributed by atoms with Crippen LogP contribution in [0.15, 0.2) is 36.5 Å². The molecule has 0 fully saturated rings. The van der Waals surface area contributed by atoms with Gasteiger partial charge in [-0.05, 0) is 30.3 Å². The van der Waals surface area contributed by atoms with Crippen molar-refractivity contribution in [1.82, 2.24) is 20.3 Å². The maximum atomic E-state index is 14.2. The lowest BCUT2D eigenvalue weighted by molar-refractivity contribution is 0.0946. The summed E-state index contributed by atoms with van der Waals surface area (Å²) >= 11 is 0. The van der Waals surface area contributed by atoms with Crippen molar-refractivity contribution in [3.8, 4) is 28.5 Å². The van der Waals surface area contributed by atoms with Crippen LogP contribution < -0.4 is 10.1 Å². The van der Waals surface area contributed by atoms with E-state index < -0.39 is 5.82 Å². The molecule has 0 atom stereocenters. The fraction of sp³-hybridized carbons (Fsp3) is 0.167. The van der Waals surface area contributed by atoms with Crippen LogP contribution in [0.25, 0.3) is 22.8 Å². The van der Waals surface area contributed by atoms with Gasteiger partial charge in [-0.15, -0.1) is 0 Å². The molecule has 7 heteroatoms. The summed E-state index contributed by atoms with van der Waals surface area (Å²) in [6.45, 7) is 0.607. The lowest BCUT2D eigenvalue weighted by Gasteiger charge is -2.10. The Morgan fingerprint density at radius 3 is 2.88 bits per heavy atom. The molecular weight excluding hydrogens is 323 g/mol. The maximum Gasteiger partial charge on any atom is 0.253 e. The minimum absolute atomic E-state index is 0.100. The van der Waals surface area contributed by atoms with Crippen molar-refractivity contribution in [3.63, 3.8) is 0 Å². The van der Waals surface area contributed by atoms with Crippen molar-refractivity contribution < 1.29 is 13.9 Å². The molecular formula is C18H15FN4O2. The molecule has 4 rings (SSSR count). The van der Waals surface area contributed by atoms with Gasteiger partial charge in [-0.2, -0.15) is 0 Å². The van der Waals surface area contributed by atoms with Crippen molar-refractivity contribution in [2.24, 2.45) is 0 Å². The molecule has 0 bridgehead atoms. The van der Waals surface area contributed by atoms with E-state index >= 15 is 0 Å². The van der Waals surface area contributed by atoms with Crippen LogP contribution in [0, 0.1) is 5.82 Å². The number of hydrogen-bond donors (Lipinski definition) is 2. The number of aromatic amines is 1. The number of amides is 1. The number of benzene rings is 1. The van der Waals surface area contributed by atoms with Gasteiger partial charge in [0.25, 0.3) is 5.91 Å². The summed E-state index contributed by atoms with van der Waals surface area (Å²) in [5.41, 5.74) is 3.05. The smallest absolute Gasteiger partial charge is 0.253 e. The third kappa shape index (κ3) is 2.73. The van der Waals surface area contributed by atoms with E-state index in [0.717, 1.165) is 12.1 Å². The van der Waals surface area contributed by atoms with Gasteiger partial charge in [0.1, 0.15) is 11.6 Å². The van der Waals surface area contributed by atoms with Gasteiger partial charge < -0.3 is 15.0 Å². The molecule has 1 aliphatic rings. The number of halogens is 1. The van der Waals surface area contributed by atoms with Crippen LogP contribution in [0.5, 0.6) is 5.75 Å². The van der Waals surface area contributed by atoms with Gasteiger partial charge in [0.05, 0.1) is 29.6 Å². The van der Waals surface area contributed by atoms with Gasteiger partial charge in [-0.1, -0.05) is 0 Å². The number of ether oxygens (including phenoxy) is 1. The highest BCUT2D eigenvalue weighted by Gasteiger charge is 2.20. The van der Waals surface area contributed by atoms with Crippen molar-refractivity contribution in [3.05, 3.63) is 53.6 Å². The first kappa shape index (κ1) is 15.3. The SMILES string of the molecule is COc1ccc(F)c(-c2nccc(-c3cc4c([nH]3)CCNC4=O)n2)c1. The summed E-state index contributed by atoms with van der Waals surface area (Å²) in [6.07, 6.45) is 2.31. The Balaban J connectivity index is 1.77. The molecule has 1 amide bonds. The Morgan fingerprint density at radius 1 is 1.20 bits per heavy atom. The van der Waals surface area contributed by atoms with Gasteiger partial charge in [-0.3, -0.25) is 4.79 Å². The first-order valence-corrected chi connectivity index (χ1v) is 7.83. The second-order valence-corrected chi connectivity index (χ2v) is 5.69. The number of fused-ring (bicyclic) bond motifs is 1. The highest BCUT2D eigenvalue weighted by Crippen LogP contribution is 2.27. The lowest BCUT2D eigenvalue weighted by atomic mass is 10.1. The predicted molar refractivity (Wildman–Crippen MR) is 89.8 cm³/mol. The van der Waals surface area contributed by atoms with E-state index in [2.05, 4.69) is 20.3 Å². The topological polar surface area (TPSA) is 79.9 Å². The molecule has 3 heterocycles. The van der Waals surface area contributed by atoms with E-state index in [1.165, 1.54) is 13.2 Å². The van der Waals surface area contributed by atoms with Crippen LogP contribution in [-0.4, -0.2) is 34.5 Å². The third-order valence-corrected chi connectivity index (χ3v) is 4.15. The number of nitrogens with one attached hydrogen (secondary N) is 2. The molecule has 6 nitrogen and oxygen atoms in total. The molecule has 0 spiro atoms. The summed E-state index contributed by atoms with van der Waals surface area (Å²) < 4.78 is 19.3. The van der Waals surface area contributed by atoms with Crippen LogP contribution in [0.2, 0.25) is 0 Å². The average Bonchev–Trinajstić information content (AvgIpc) is 3.08. The molecule has 1 aliphatic heterocycles. The van der Waals surface area contributed by atoms with Crippen LogP contribution in [0.3, 0.4) is 0 Å². The Hall–Kier alpha value is -3.22. The third-order valence-electron chi connectivity index (χ3n) is 4.15. The molecule has 2 aromatic heterocycles. The Morgan fingerprint density at radius 2 is 2.08 bits per heavy atom. The fourth-order valence-corrected chi connectivity index (χ4v) is 2.87. The Labute approximate surface area is 143 Å². The second kappa shape index (κ2) is 6.01. The van der Waals surface area contributed by atoms with Crippen molar-refractivity contribution in [1.29, 1.82) is 0 Å². The van der Waals surface area contributed by atoms with Gasteiger partial charge in [0, 0.05) is 24.9 Å². The highest BCUT2D eigenvalue weighted by atomic mass is 19.1. The minimum Gasteiger partial charge on any atom is -0.497 e. The fourth-order valence-electron chi connectivity index (χ4n) is 2.87. The monoisotopic (exact) mass is 338 g/mol. The van der Waals surface area contributed by atoms with Gasteiger partial charge >= 0.3 is 0 Å². The molecule has 0 unspecified atom stereocenters. The Bertz CT molecular complexity index is 967. The summed E-state index contributed by atoms with van der Waals surface area (Å²) in [4.78, 5) is 23.7. The standard InChI is InChI=1S/C18H15FN4O2/c1-25-10-2-3-13(19)11(8-10)17-20-6-5-15(23-17)16-9-12-14(22-16)4-7-21-18(12)24/h2-3,5-6,8-9,22H,4,7H2,1H3,(H,21,24). The van der Waals surface area contributed by atoms with E-state index in [4.69, 9.17) is 4.74 Å². The van der Waals surface area contributed by atoms with Gasteiger partial charge in [0.15, 0.2) is 5.82 Å². The average molecular weight is 338 g/mol. The van der Waals surface area contributed by atoms with Crippen LogP contribution >= 0.6 is 0 Å². The van der Waals surface area contributed by atoms with Crippen LogP contribution in [0.1, 0.15) is 16.1 Å². The Kier molecular flexibility index (Phi) is 3.68. The molecule has 0 aliphatic carbocycles. The zero-order valence-electron chi connectivity index (χ0n) is 13.5. The van der Waals surface area contributed by atoms with Crippen LogP contribution in [-0.2, 0) is 6.42 Å². The van der Waals surface area contributed by atoms with Gasteiger partial charge in [-0.25, -0.2) is 14.4 Å². The van der Waals surface area contributed by atoms with Crippen molar-refractivity contribution in [2.75, 3.05) is 13.7 Å². The molecule has 0 radical (unpaired) electrons. The number of nitrogens with zero attached hydrogens (tertiary/aromatic N) is 2. The first-order valence-electron chi connectivity index (χ1n) is 7.83. The number of carbonyl (C=O) groups is 1. The summed E-state index contributed by atoms with van der Waals surface area (Å²) in [7, 11) is 1.52. The summed E-state index contributed by atoms with van der Waals surface area (Å²) in [5.74, 6) is 0.253. The molecule has 126 valence electrons. The van der Waals surface area contributed by atoms with Crippen molar-refractivity contribution in [2.45, 2.75) is 6.42 Å². The molecule has 1 aromatic carbocycles. The predicted octanol–water partition coefficient (Wildman–Crippen LogP) is 2.57. The quantitative estimate of drug-likeness (QED) is 0.769. The molecule has 0 saturated carbocycles. The zero-order chi connectivity index (χ0) is 17.4. The van der Waals surface area contributed by atoms with Gasteiger partial charge in [0.2, 0.25) is 0 Å². The molecule has 2 N–H and O–H groups in total. The number of aromatic nitrogens is 3. The zero-order valence-corrected chi connectivity index (χ0v) is 13.5. The summed E-state index contributed by atoms with van der Waals surface area (Å²) in [6, 6.07) is 7.90. The second-order valence-electron chi connectivity index (χ2n) is 5.69. The normalized spacial score (nSPS) is 13.3. The molecule has 0 saturated heterocycles. The van der Waals surface area contributed by atoms with Crippen LogP contribution in [0.4, 0.5) is 4.39 Å².